The van der Waals surface area contributed by atoms with Gasteiger partial charge in [-0.1, -0.05) is 6.07 Å². The first-order valence-electron chi connectivity index (χ1n) is 13.3. The molecule has 0 saturated carbocycles. The predicted octanol–water partition coefficient (Wildman–Crippen LogP) is 5.76. The lowest BCUT2D eigenvalue weighted by Crippen LogP contribution is -2.46. The molecule has 0 bridgehead atoms. The molecular weight excluding hydrogens is 568 g/mol. The lowest BCUT2D eigenvalue weighted by atomic mass is 9.69. The van der Waals surface area contributed by atoms with Gasteiger partial charge in [-0.2, -0.15) is 0 Å². The largest absolute Gasteiger partial charge is 0.493 e. The van der Waals surface area contributed by atoms with Crippen molar-refractivity contribution in [2.45, 2.75) is 31.6 Å². The number of carbonyl (C=O) groups is 3. The van der Waals surface area contributed by atoms with Crippen LogP contribution in [0, 0.1) is 17.6 Å². The van der Waals surface area contributed by atoms with E-state index in [0.29, 0.717) is 28.9 Å². The highest BCUT2D eigenvalue weighted by atomic mass is 32.1. The second kappa shape index (κ2) is 11.9. The van der Waals surface area contributed by atoms with E-state index in [1.54, 1.807) is 25.1 Å². The molecule has 1 aliphatic carbocycles. The minimum atomic E-state index is -1.18. The van der Waals surface area contributed by atoms with Gasteiger partial charge < -0.3 is 18.9 Å². The van der Waals surface area contributed by atoms with Crippen LogP contribution in [0.4, 0.5) is 14.5 Å². The van der Waals surface area contributed by atoms with E-state index in [2.05, 4.69) is 0 Å². The number of methoxy groups -OCH3 is 3. The van der Waals surface area contributed by atoms with Crippen LogP contribution in [-0.2, 0) is 19.1 Å². The maximum Gasteiger partial charge on any atom is 0.317 e. The monoisotopic (exact) mass is 597 g/mol. The molecule has 5 rings (SSSR count). The number of esters is 1. The van der Waals surface area contributed by atoms with Crippen LogP contribution >= 0.6 is 11.3 Å². The fourth-order valence-electron chi connectivity index (χ4n) is 5.83. The van der Waals surface area contributed by atoms with Crippen LogP contribution in [0.1, 0.15) is 42.0 Å². The lowest BCUT2D eigenvalue weighted by molar-refractivity contribution is -0.152. The van der Waals surface area contributed by atoms with E-state index >= 15 is 4.39 Å². The smallest absolute Gasteiger partial charge is 0.317 e. The van der Waals surface area contributed by atoms with Crippen molar-refractivity contribution < 1.29 is 42.1 Å². The predicted molar refractivity (Wildman–Crippen MR) is 151 cm³/mol. The van der Waals surface area contributed by atoms with Crippen molar-refractivity contribution in [3.63, 3.8) is 0 Å². The molecule has 0 spiro atoms. The first-order valence-corrected chi connectivity index (χ1v) is 14.2. The highest BCUT2D eigenvalue weighted by molar-refractivity contribution is 7.10. The zero-order chi connectivity index (χ0) is 30.1. The van der Waals surface area contributed by atoms with E-state index in [4.69, 9.17) is 18.9 Å². The summed E-state index contributed by atoms with van der Waals surface area (Å²) < 4.78 is 50.9. The Balaban J connectivity index is 1.77. The number of amides is 1. The fraction of sp³-hybridized carbons (Fsp3) is 0.323. The molecule has 3 aromatic rings. The molecular formula is C31H29F2NO7S. The average molecular weight is 598 g/mol. The zero-order valence-corrected chi connectivity index (χ0v) is 24.3. The molecule has 11 heteroatoms. The number of allylic oxidation sites excluding steroid dienone is 2. The molecule has 0 radical (unpaired) electrons. The fourth-order valence-corrected chi connectivity index (χ4v) is 6.70. The molecule has 1 aromatic heterocycles. The number of ketones is 1. The van der Waals surface area contributed by atoms with Crippen LogP contribution in [0.5, 0.6) is 17.2 Å². The Morgan fingerprint density at radius 3 is 2.29 bits per heavy atom. The summed E-state index contributed by atoms with van der Waals surface area (Å²) >= 11 is 1.37. The van der Waals surface area contributed by atoms with Crippen LogP contribution < -0.4 is 19.1 Å². The third kappa shape index (κ3) is 5.02. The van der Waals surface area contributed by atoms with Crippen molar-refractivity contribution in [3.8, 4) is 17.2 Å². The summed E-state index contributed by atoms with van der Waals surface area (Å²) in [4.78, 5) is 43.6. The third-order valence-electron chi connectivity index (χ3n) is 7.61. The van der Waals surface area contributed by atoms with Gasteiger partial charge >= 0.3 is 5.97 Å². The van der Waals surface area contributed by atoms with E-state index < -0.39 is 47.0 Å². The molecule has 1 aliphatic heterocycles. The molecule has 1 amide bonds. The van der Waals surface area contributed by atoms with Crippen LogP contribution in [0.2, 0.25) is 0 Å². The Bertz CT molecular complexity index is 1540. The van der Waals surface area contributed by atoms with Gasteiger partial charge in [0.2, 0.25) is 11.7 Å². The van der Waals surface area contributed by atoms with Gasteiger partial charge in [-0.25, -0.2) is 8.78 Å². The van der Waals surface area contributed by atoms with Crippen molar-refractivity contribution in [2.24, 2.45) is 5.92 Å². The van der Waals surface area contributed by atoms with Gasteiger partial charge in [0.05, 0.1) is 33.6 Å². The van der Waals surface area contributed by atoms with Crippen molar-refractivity contribution in [3.05, 3.63) is 81.2 Å². The number of ether oxygens (including phenoxy) is 4. The van der Waals surface area contributed by atoms with Crippen LogP contribution in [-0.4, -0.2) is 45.6 Å². The Labute approximate surface area is 245 Å². The van der Waals surface area contributed by atoms with Crippen molar-refractivity contribution >= 4 is 34.7 Å². The zero-order valence-electron chi connectivity index (χ0n) is 23.4. The highest BCUT2D eigenvalue weighted by Crippen LogP contribution is 2.52. The molecule has 2 heterocycles. The number of benzene rings is 2. The third-order valence-corrected chi connectivity index (χ3v) is 8.61. The van der Waals surface area contributed by atoms with Crippen LogP contribution in [0.3, 0.4) is 0 Å². The van der Waals surface area contributed by atoms with Gasteiger partial charge in [-0.05, 0) is 54.6 Å². The number of carbonyl (C=O) groups excluding carboxylic acids is 3. The number of rotatable bonds is 8. The minimum absolute atomic E-state index is 0.0640. The summed E-state index contributed by atoms with van der Waals surface area (Å²) in [5.74, 6) is -5.15. The molecule has 3 atom stereocenters. The summed E-state index contributed by atoms with van der Waals surface area (Å²) in [6.45, 7) is 1.74. The van der Waals surface area contributed by atoms with Gasteiger partial charge in [0, 0.05) is 40.5 Å². The maximum absolute atomic E-state index is 15.2. The number of thiophene rings is 1. The van der Waals surface area contributed by atoms with Gasteiger partial charge in [-0.15, -0.1) is 11.3 Å². The summed E-state index contributed by atoms with van der Waals surface area (Å²) in [6, 6.07) is 9.83. The topological polar surface area (TPSA) is 91.4 Å². The van der Waals surface area contributed by atoms with E-state index in [-0.39, 0.29) is 36.4 Å². The summed E-state index contributed by atoms with van der Waals surface area (Å²) in [7, 11) is 4.36. The van der Waals surface area contributed by atoms with Crippen molar-refractivity contribution in [2.75, 3.05) is 32.8 Å². The highest BCUT2D eigenvalue weighted by Gasteiger charge is 2.50. The summed E-state index contributed by atoms with van der Waals surface area (Å²) in [5, 5.41) is 1.83. The van der Waals surface area contributed by atoms with Crippen molar-refractivity contribution in [1.82, 2.24) is 0 Å². The molecule has 8 nitrogen and oxygen atoms in total. The molecule has 0 saturated heterocycles. The van der Waals surface area contributed by atoms with Gasteiger partial charge in [0.25, 0.3) is 0 Å². The average Bonchev–Trinajstić information content (AvgIpc) is 3.51. The Hall–Kier alpha value is -4.25. The molecule has 0 unspecified atom stereocenters. The van der Waals surface area contributed by atoms with E-state index in [0.717, 1.165) is 15.8 Å². The Morgan fingerprint density at radius 2 is 1.71 bits per heavy atom. The van der Waals surface area contributed by atoms with Crippen LogP contribution in [0.15, 0.2) is 59.1 Å². The number of Topliss-reactive ketones (excluding diaryl/α,β-unsaturated/α-hetero) is 1. The normalized spacial score (nSPS) is 20.3. The standard InChI is InChI=1S/C31H29F2NO7S/c1-5-41-31(37)28-19(25-7-6-10-42-25)14-22-27(29(28)36)18(16-11-23(38-2)30(40-4)24(12-16)39-3)15-26(35)34(22)21-9-8-17(32)13-20(21)33/h6-13,18-19,28H,5,14-15H2,1-4H3/t18-,19+,28-/m0/s1. The second-order valence-corrected chi connectivity index (χ2v) is 10.8. The Morgan fingerprint density at radius 1 is 1.00 bits per heavy atom. The lowest BCUT2D eigenvalue weighted by Gasteiger charge is -2.42. The SMILES string of the molecule is CCOC(=O)[C@@H]1C(=O)C2=C(C[C@@H]1c1cccs1)N(c1ccc(F)cc1F)C(=O)C[C@H]2c1cc(OC)c(OC)c(OC)c1. The summed E-state index contributed by atoms with van der Waals surface area (Å²) in [6.07, 6.45) is -0.173. The quantitative estimate of drug-likeness (QED) is 0.241. The van der Waals surface area contributed by atoms with Gasteiger partial charge in [-0.3, -0.25) is 19.3 Å². The van der Waals surface area contributed by atoms with Gasteiger partial charge in [0.15, 0.2) is 17.3 Å². The molecule has 2 aliphatic rings. The number of hydrogen-bond donors (Lipinski definition) is 0. The van der Waals surface area contributed by atoms with E-state index in [1.807, 2.05) is 11.4 Å². The number of halogens is 2. The number of nitrogens with zero attached hydrogens (tertiary/aromatic N) is 1. The van der Waals surface area contributed by atoms with E-state index in [1.165, 1.54) is 38.7 Å². The summed E-state index contributed by atoms with van der Waals surface area (Å²) in [5.41, 5.74) is 0.762. The molecule has 2 aromatic carbocycles. The molecule has 42 heavy (non-hydrogen) atoms. The van der Waals surface area contributed by atoms with Crippen molar-refractivity contribution in [1.29, 1.82) is 0 Å². The molecule has 0 N–H and O–H groups in total. The molecule has 0 fully saturated rings. The minimum Gasteiger partial charge on any atom is -0.493 e. The Kier molecular flexibility index (Phi) is 8.31. The van der Waals surface area contributed by atoms with Gasteiger partial charge in [0.1, 0.15) is 17.6 Å². The molecule has 220 valence electrons. The second-order valence-electron chi connectivity index (χ2n) is 9.82. The van der Waals surface area contributed by atoms with Crippen LogP contribution in [0.25, 0.3) is 0 Å². The number of hydrogen-bond acceptors (Lipinski definition) is 8. The number of anilines is 1. The maximum atomic E-state index is 15.2. The van der Waals surface area contributed by atoms with E-state index in [9.17, 15) is 18.8 Å². The first-order chi connectivity index (χ1) is 20.2. The first kappa shape index (κ1) is 29.2.